The molecule has 0 bridgehead atoms. The second-order valence-electron chi connectivity index (χ2n) is 7.93. The maximum atomic E-state index is 13.5. The van der Waals surface area contributed by atoms with Crippen LogP contribution in [0.2, 0.25) is 0 Å². The lowest BCUT2D eigenvalue weighted by Gasteiger charge is -2.28. The third kappa shape index (κ3) is 3.85. The molecule has 2 heterocycles. The van der Waals surface area contributed by atoms with Crippen LogP contribution in [0.25, 0.3) is 5.69 Å². The van der Waals surface area contributed by atoms with Crippen LogP contribution < -0.4 is 9.47 Å². The van der Waals surface area contributed by atoms with Crippen molar-refractivity contribution in [1.82, 2.24) is 19.7 Å². The zero-order valence-electron chi connectivity index (χ0n) is 17.3. The molecule has 1 fully saturated rings. The highest BCUT2D eigenvalue weighted by molar-refractivity contribution is 5.90. The summed E-state index contributed by atoms with van der Waals surface area (Å²) in [7, 11) is 0. The van der Waals surface area contributed by atoms with Crippen LogP contribution in [0.1, 0.15) is 47.7 Å². The molecule has 7 nitrogen and oxygen atoms in total. The lowest BCUT2D eigenvalue weighted by Crippen LogP contribution is -2.39. The maximum absolute atomic E-state index is 13.5. The third-order valence-corrected chi connectivity index (χ3v) is 5.85. The molecular weight excluding hydrogens is 399 g/mol. The van der Waals surface area contributed by atoms with Crippen molar-refractivity contribution in [2.24, 2.45) is 0 Å². The summed E-state index contributed by atoms with van der Waals surface area (Å²) >= 11 is 0. The van der Waals surface area contributed by atoms with Crippen molar-refractivity contribution in [3.63, 3.8) is 0 Å². The minimum atomic E-state index is -0.325. The van der Waals surface area contributed by atoms with Gasteiger partial charge in [0.2, 0.25) is 12.6 Å². The van der Waals surface area contributed by atoms with Crippen molar-refractivity contribution in [3.05, 3.63) is 65.5 Å². The predicted octanol–water partition coefficient (Wildman–Crippen LogP) is 4.03. The fourth-order valence-electron chi connectivity index (χ4n) is 4.25. The molecule has 2 aromatic carbocycles. The van der Waals surface area contributed by atoms with Gasteiger partial charge in [0.25, 0.3) is 5.91 Å². The Hall–Kier alpha value is -3.42. The van der Waals surface area contributed by atoms with Gasteiger partial charge in [-0.15, -0.1) is 5.10 Å². The Kier molecular flexibility index (Phi) is 5.05. The van der Waals surface area contributed by atoms with Crippen molar-refractivity contribution in [2.75, 3.05) is 6.79 Å². The first-order chi connectivity index (χ1) is 15.1. The van der Waals surface area contributed by atoms with Gasteiger partial charge in [-0.1, -0.05) is 18.9 Å². The number of ether oxygens (including phenoxy) is 2. The van der Waals surface area contributed by atoms with Crippen molar-refractivity contribution in [1.29, 1.82) is 0 Å². The highest BCUT2D eigenvalue weighted by atomic mass is 19.1. The Balaban J connectivity index is 1.43. The van der Waals surface area contributed by atoms with Crippen LogP contribution in [0.5, 0.6) is 11.5 Å². The van der Waals surface area contributed by atoms with E-state index in [1.54, 1.807) is 23.7 Å². The van der Waals surface area contributed by atoms with Gasteiger partial charge in [-0.25, -0.2) is 14.1 Å². The first-order valence-corrected chi connectivity index (χ1v) is 10.5. The SMILES string of the molecule is Cc1nc(C(=O)N(Cc2ccc3c(c2)OCO3)C2CCCC2)nn1-c1ccc(F)cc1. The van der Waals surface area contributed by atoms with E-state index in [0.717, 1.165) is 37.0 Å². The number of aromatic nitrogens is 3. The van der Waals surface area contributed by atoms with Crippen molar-refractivity contribution >= 4 is 5.91 Å². The zero-order chi connectivity index (χ0) is 21.4. The van der Waals surface area contributed by atoms with E-state index in [2.05, 4.69) is 10.1 Å². The molecule has 31 heavy (non-hydrogen) atoms. The summed E-state index contributed by atoms with van der Waals surface area (Å²) in [5, 5.41) is 4.45. The number of hydrogen-bond donors (Lipinski definition) is 0. The second-order valence-corrected chi connectivity index (χ2v) is 7.93. The van der Waals surface area contributed by atoms with Gasteiger partial charge in [-0.3, -0.25) is 4.79 Å². The summed E-state index contributed by atoms with van der Waals surface area (Å²) in [5.41, 5.74) is 1.63. The average Bonchev–Trinajstić information content (AvgIpc) is 3.53. The molecule has 0 spiro atoms. The largest absolute Gasteiger partial charge is 0.454 e. The summed E-state index contributed by atoms with van der Waals surface area (Å²) in [6.45, 7) is 2.45. The van der Waals surface area contributed by atoms with Crippen LogP contribution in [0.3, 0.4) is 0 Å². The number of nitrogens with zero attached hydrogens (tertiary/aromatic N) is 4. The van der Waals surface area contributed by atoms with Gasteiger partial charge < -0.3 is 14.4 Å². The van der Waals surface area contributed by atoms with Gasteiger partial charge >= 0.3 is 0 Å². The van der Waals surface area contributed by atoms with E-state index >= 15 is 0 Å². The van der Waals surface area contributed by atoms with E-state index in [9.17, 15) is 9.18 Å². The number of rotatable bonds is 5. The molecule has 8 heteroatoms. The van der Waals surface area contributed by atoms with E-state index < -0.39 is 0 Å². The Labute approximate surface area is 179 Å². The molecule has 1 aliphatic carbocycles. The van der Waals surface area contributed by atoms with Crippen molar-refractivity contribution < 1.29 is 18.7 Å². The van der Waals surface area contributed by atoms with Crippen LogP contribution in [0.4, 0.5) is 4.39 Å². The van der Waals surface area contributed by atoms with Crippen LogP contribution in [0, 0.1) is 12.7 Å². The van der Waals surface area contributed by atoms with E-state index in [-0.39, 0.29) is 30.4 Å². The molecule has 0 saturated heterocycles. The minimum Gasteiger partial charge on any atom is -0.454 e. The lowest BCUT2D eigenvalue weighted by molar-refractivity contribution is 0.0651. The van der Waals surface area contributed by atoms with Gasteiger partial charge in [0.05, 0.1) is 5.69 Å². The molecule has 0 N–H and O–H groups in total. The number of carbonyl (C=O) groups is 1. The standard InChI is InChI=1S/C23H23FN4O3/c1-15-25-22(26-28(15)19-9-7-17(24)8-10-19)23(29)27(18-4-2-3-5-18)13-16-6-11-20-21(12-16)31-14-30-20/h6-12,18H,2-5,13-14H2,1H3. The monoisotopic (exact) mass is 422 g/mol. The molecule has 1 aromatic heterocycles. The molecule has 1 amide bonds. The summed E-state index contributed by atoms with van der Waals surface area (Å²) in [6.07, 6.45) is 4.14. The lowest BCUT2D eigenvalue weighted by atomic mass is 10.1. The van der Waals surface area contributed by atoms with E-state index in [1.165, 1.54) is 12.1 Å². The van der Waals surface area contributed by atoms with Gasteiger partial charge in [-0.2, -0.15) is 0 Å². The quantitative estimate of drug-likeness (QED) is 0.621. The molecular formula is C23H23FN4O3. The number of halogens is 1. The second kappa shape index (κ2) is 8.02. The Bertz CT molecular complexity index is 1110. The topological polar surface area (TPSA) is 69.5 Å². The first-order valence-electron chi connectivity index (χ1n) is 10.5. The Morgan fingerprint density at radius 1 is 1.13 bits per heavy atom. The summed E-state index contributed by atoms with van der Waals surface area (Å²) in [4.78, 5) is 19.8. The summed E-state index contributed by atoms with van der Waals surface area (Å²) in [6, 6.07) is 11.9. The molecule has 0 radical (unpaired) electrons. The molecule has 1 aliphatic heterocycles. The summed E-state index contributed by atoms with van der Waals surface area (Å²) < 4.78 is 25.7. The maximum Gasteiger partial charge on any atom is 0.294 e. The minimum absolute atomic E-state index is 0.148. The van der Waals surface area contributed by atoms with Crippen molar-refractivity contribution in [2.45, 2.75) is 45.2 Å². The van der Waals surface area contributed by atoms with Crippen molar-refractivity contribution in [3.8, 4) is 17.2 Å². The van der Waals surface area contributed by atoms with E-state index in [4.69, 9.17) is 9.47 Å². The van der Waals surface area contributed by atoms with Crippen LogP contribution >= 0.6 is 0 Å². The number of hydrogen-bond acceptors (Lipinski definition) is 5. The molecule has 160 valence electrons. The zero-order valence-corrected chi connectivity index (χ0v) is 17.3. The van der Waals surface area contributed by atoms with Gasteiger partial charge in [0.1, 0.15) is 11.6 Å². The fourth-order valence-corrected chi connectivity index (χ4v) is 4.25. The number of aryl methyl sites for hydroxylation is 1. The number of fused-ring (bicyclic) bond motifs is 1. The average molecular weight is 422 g/mol. The number of amides is 1. The third-order valence-electron chi connectivity index (χ3n) is 5.85. The van der Waals surface area contributed by atoms with E-state index in [1.807, 2.05) is 23.1 Å². The smallest absolute Gasteiger partial charge is 0.294 e. The fraction of sp³-hybridized carbons (Fsp3) is 0.348. The van der Waals surface area contributed by atoms with Gasteiger partial charge in [0.15, 0.2) is 11.5 Å². The van der Waals surface area contributed by atoms with Crippen LogP contribution in [-0.2, 0) is 6.54 Å². The highest BCUT2D eigenvalue weighted by Gasteiger charge is 2.30. The highest BCUT2D eigenvalue weighted by Crippen LogP contribution is 2.34. The Morgan fingerprint density at radius 3 is 2.65 bits per heavy atom. The van der Waals surface area contributed by atoms with Gasteiger partial charge in [0, 0.05) is 12.6 Å². The Morgan fingerprint density at radius 2 is 1.87 bits per heavy atom. The van der Waals surface area contributed by atoms with Gasteiger partial charge in [-0.05, 0) is 61.7 Å². The molecule has 5 rings (SSSR count). The summed E-state index contributed by atoms with van der Waals surface area (Å²) in [5.74, 6) is 1.62. The number of carbonyl (C=O) groups excluding carboxylic acids is 1. The van der Waals surface area contributed by atoms with E-state index in [0.29, 0.717) is 23.8 Å². The predicted molar refractivity (Wildman–Crippen MR) is 111 cm³/mol. The molecule has 1 saturated carbocycles. The first kappa shape index (κ1) is 19.5. The van der Waals surface area contributed by atoms with Crippen LogP contribution in [0.15, 0.2) is 42.5 Å². The van der Waals surface area contributed by atoms with Crippen LogP contribution in [-0.4, -0.2) is 38.4 Å². The molecule has 2 aliphatic rings. The normalized spacial score (nSPS) is 15.4. The molecule has 3 aromatic rings. The molecule has 0 unspecified atom stereocenters. The number of benzene rings is 2. The molecule has 0 atom stereocenters.